The number of carbonyl (C=O) groups is 2. The van der Waals surface area contributed by atoms with Gasteiger partial charge < -0.3 is 9.84 Å². The number of esters is 1. The Balaban J connectivity index is 4.40. The van der Waals surface area contributed by atoms with E-state index in [2.05, 4.69) is 0 Å². The van der Waals surface area contributed by atoms with Crippen molar-refractivity contribution in [2.75, 3.05) is 6.61 Å². The fraction of sp³-hybridized carbons (Fsp3) is 0.778. The number of aliphatic carboxylic acids is 1. The monoisotopic (exact) mass is 218 g/mol. The molecule has 0 heterocycles. The molecule has 0 fully saturated rings. The van der Waals surface area contributed by atoms with Gasteiger partial charge in [0.15, 0.2) is 0 Å². The molecular formula is C9H18O4Si. The SMILES string of the molecule is CCOC(=O)CC(C(=O)O)[Si](C)(C)C. The van der Waals surface area contributed by atoms with E-state index in [1.807, 2.05) is 19.6 Å². The summed E-state index contributed by atoms with van der Waals surface area (Å²) in [7, 11) is -1.84. The lowest BCUT2D eigenvalue weighted by Crippen LogP contribution is -2.35. The molecule has 0 aromatic heterocycles. The number of rotatable bonds is 5. The second-order valence-electron chi connectivity index (χ2n) is 4.27. The molecule has 0 aliphatic carbocycles. The van der Waals surface area contributed by atoms with Crippen LogP contribution in [0.5, 0.6) is 0 Å². The van der Waals surface area contributed by atoms with Crippen molar-refractivity contribution in [3.05, 3.63) is 0 Å². The van der Waals surface area contributed by atoms with Crippen LogP contribution in [0.4, 0.5) is 0 Å². The number of ether oxygens (including phenoxy) is 1. The van der Waals surface area contributed by atoms with Gasteiger partial charge in [0.1, 0.15) is 0 Å². The summed E-state index contributed by atoms with van der Waals surface area (Å²) in [5, 5.41) is 8.95. The van der Waals surface area contributed by atoms with E-state index in [1.165, 1.54) is 0 Å². The Morgan fingerprint density at radius 2 is 1.86 bits per heavy atom. The lowest BCUT2D eigenvalue weighted by molar-refractivity contribution is -0.147. The lowest BCUT2D eigenvalue weighted by atomic mass is 10.3. The van der Waals surface area contributed by atoms with Gasteiger partial charge in [-0.3, -0.25) is 9.59 Å². The topological polar surface area (TPSA) is 63.6 Å². The highest BCUT2D eigenvalue weighted by molar-refractivity contribution is 6.80. The van der Waals surface area contributed by atoms with Crippen LogP contribution in [0.1, 0.15) is 13.3 Å². The van der Waals surface area contributed by atoms with Crippen molar-refractivity contribution in [3.8, 4) is 0 Å². The third-order valence-electron chi connectivity index (χ3n) is 2.02. The Labute approximate surface area is 85.3 Å². The molecule has 1 atom stereocenters. The molecule has 0 aromatic carbocycles. The van der Waals surface area contributed by atoms with Crippen molar-refractivity contribution in [2.45, 2.75) is 38.5 Å². The van der Waals surface area contributed by atoms with Crippen LogP contribution in [0.3, 0.4) is 0 Å². The fourth-order valence-electron chi connectivity index (χ4n) is 1.15. The maximum Gasteiger partial charge on any atom is 0.306 e. The second kappa shape index (κ2) is 5.14. The molecule has 0 aliphatic rings. The molecule has 0 radical (unpaired) electrons. The Bertz CT molecular complexity index is 219. The third-order valence-corrected chi connectivity index (χ3v) is 4.56. The van der Waals surface area contributed by atoms with Crippen molar-refractivity contribution in [1.82, 2.24) is 0 Å². The van der Waals surface area contributed by atoms with Crippen LogP contribution in [0.2, 0.25) is 25.2 Å². The van der Waals surface area contributed by atoms with Gasteiger partial charge in [-0.15, -0.1) is 0 Å². The maximum atomic E-state index is 11.1. The predicted octanol–water partition coefficient (Wildman–Crippen LogP) is 1.73. The summed E-state index contributed by atoms with van der Waals surface area (Å²) in [6, 6.07) is 0. The van der Waals surface area contributed by atoms with Crippen LogP contribution in [0.25, 0.3) is 0 Å². The number of hydrogen-bond acceptors (Lipinski definition) is 3. The lowest BCUT2D eigenvalue weighted by Gasteiger charge is -2.23. The van der Waals surface area contributed by atoms with Gasteiger partial charge in [0.2, 0.25) is 0 Å². The van der Waals surface area contributed by atoms with Gasteiger partial charge in [-0.1, -0.05) is 19.6 Å². The number of hydrogen-bond donors (Lipinski definition) is 1. The van der Waals surface area contributed by atoms with Gasteiger partial charge in [-0.05, 0) is 6.92 Å². The molecule has 14 heavy (non-hydrogen) atoms. The third kappa shape index (κ3) is 4.41. The Hall–Kier alpha value is -0.843. The average Bonchev–Trinajstić information content (AvgIpc) is 1.98. The van der Waals surface area contributed by atoms with Gasteiger partial charge in [0, 0.05) is 0 Å². The number of carbonyl (C=O) groups excluding carboxylic acids is 1. The molecular weight excluding hydrogens is 200 g/mol. The van der Waals surface area contributed by atoms with Crippen molar-refractivity contribution in [2.24, 2.45) is 0 Å². The minimum Gasteiger partial charge on any atom is -0.481 e. The Kier molecular flexibility index (Phi) is 4.83. The van der Waals surface area contributed by atoms with E-state index >= 15 is 0 Å². The highest BCUT2D eigenvalue weighted by Gasteiger charge is 2.35. The van der Waals surface area contributed by atoms with Gasteiger partial charge in [0.25, 0.3) is 0 Å². The fourth-order valence-corrected chi connectivity index (χ4v) is 2.67. The van der Waals surface area contributed by atoms with Crippen LogP contribution >= 0.6 is 0 Å². The largest absolute Gasteiger partial charge is 0.481 e. The summed E-state index contributed by atoms with van der Waals surface area (Å²) in [6.07, 6.45) is -0.00110. The van der Waals surface area contributed by atoms with E-state index < -0.39 is 25.6 Å². The second-order valence-corrected chi connectivity index (χ2v) is 9.69. The quantitative estimate of drug-likeness (QED) is 0.564. The van der Waals surface area contributed by atoms with Crippen LogP contribution in [-0.2, 0) is 14.3 Å². The standard InChI is InChI=1S/C9H18O4Si/c1-5-13-8(10)6-7(9(11)12)14(2,3)4/h7H,5-6H2,1-4H3,(H,11,12). The molecule has 0 saturated carbocycles. The van der Waals surface area contributed by atoms with Gasteiger partial charge >= 0.3 is 11.9 Å². The van der Waals surface area contributed by atoms with Crippen molar-refractivity contribution in [1.29, 1.82) is 0 Å². The first-order chi connectivity index (χ1) is 6.29. The highest BCUT2D eigenvalue weighted by Crippen LogP contribution is 2.26. The van der Waals surface area contributed by atoms with Crippen molar-refractivity contribution < 1.29 is 19.4 Å². The first-order valence-corrected chi connectivity index (χ1v) is 8.25. The molecule has 0 saturated heterocycles. The minimum absolute atomic E-state index is 0.00110. The molecule has 0 rings (SSSR count). The summed E-state index contributed by atoms with van der Waals surface area (Å²) in [6.45, 7) is 7.82. The van der Waals surface area contributed by atoms with E-state index in [-0.39, 0.29) is 6.42 Å². The zero-order chi connectivity index (χ0) is 11.4. The summed E-state index contributed by atoms with van der Waals surface area (Å²) in [5.41, 5.74) is -0.554. The molecule has 0 bridgehead atoms. The highest BCUT2D eigenvalue weighted by atomic mass is 28.3. The van der Waals surface area contributed by atoms with E-state index in [0.29, 0.717) is 6.61 Å². The van der Waals surface area contributed by atoms with Gasteiger partial charge in [-0.25, -0.2) is 0 Å². The molecule has 1 N–H and O–H groups in total. The van der Waals surface area contributed by atoms with E-state index in [9.17, 15) is 9.59 Å². The average molecular weight is 218 g/mol. The molecule has 0 amide bonds. The first kappa shape index (κ1) is 13.2. The van der Waals surface area contributed by atoms with E-state index in [0.717, 1.165) is 0 Å². The minimum atomic E-state index is -1.84. The van der Waals surface area contributed by atoms with Gasteiger partial charge in [-0.2, -0.15) is 0 Å². The maximum absolute atomic E-state index is 11.1. The van der Waals surface area contributed by atoms with Crippen LogP contribution in [0, 0.1) is 0 Å². The normalized spacial score (nSPS) is 13.4. The van der Waals surface area contributed by atoms with E-state index in [4.69, 9.17) is 9.84 Å². The molecule has 0 spiro atoms. The number of carboxylic acid groups (broad SMARTS) is 1. The molecule has 4 nitrogen and oxygen atoms in total. The van der Waals surface area contributed by atoms with Gasteiger partial charge in [0.05, 0.1) is 26.6 Å². The predicted molar refractivity (Wildman–Crippen MR) is 56.0 cm³/mol. The van der Waals surface area contributed by atoms with Crippen LogP contribution in [0.15, 0.2) is 0 Å². The molecule has 0 aromatic rings. The summed E-state index contributed by atoms with van der Waals surface area (Å²) in [5.74, 6) is -1.31. The molecule has 0 aliphatic heterocycles. The smallest absolute Gasteiger partial charge is 0.306 e. The van der Waals surface area contributed by atoms with Crippen LogP contribution in [-0.4, -0.2) is 31.7 Å². The number of carboxylic acids is 1. The summed E-state index contributed by atoms with van der Waals surface area (Å²) in [4.78, 5) is 22.1. The summed E-state index contributed by atoms with van der Waals surface area (Å²) >= 11 is 0. The summed E-state index contributed by atoms with van der Waals surface area (Å²) < 4.78 is 4.74. The first-order valence-electron chi connectivity index (χ1n) is 4.67. The molecule has 82 valence electrons. The molecule has 1 unspecified atom stereocenters. The Morgan fingerprint density at radius 3 is 2.14 bits per heavy atom. The van der Waals surface area contributed by atoms with Crippen molar-refractivity contribution >= 4 is 20.0 Å². The zero-order valence-corrected chi connectivity index (χ0v) is 10.2. The van der Waals surface area contributed by atoms with Crippen molar-refractivity contribution in [3.63, 3.8) is 0 Å². The van der Waals surface area contributed by atoms with E-state index in [1.54, 1.807) is 6.92 Å². The molecule has 5 heteroatoms. The van der Waals surface area contributed by atoms with Crippen LogP contribution < -0.4 is 0 Å². The Morgan fingerprint density at radius 1 is 1.36 bits per heavy atom. The zero-order valence-electron chi connectivity index (χ0n) is 9.16.